The first-order chi connectivity index (χ1) is 9.24. The molecule has 0 radical (unpaired) electrons. The van der Waals surface area contributed by atoms with Crippen LogP contribution in [0.25, 0.3) is 11.0 Å². The number of imidazole rings is 1. The number of para-hydroxylation sites is 1. The molecule has 0 saturated heterocycles. The van der Waals surface area contributed by atoms with Gasteiger partial charge in [-0.15, -0.1) is 0 Å². The van der Waals surface area contributed by atoms with Crippen LogP contribution < -0.4 is 5.73 Å². The topological polar surface area (TPSA) is 62.3 Å². The van der Waals surface area contributed by atoms with Crippen molar-refractivity contribution in [2.45, 2.75) is 19.9 Å². The van der Waals surface area contributed by atoms with E-state index in [9.17, 15) is 0 Å². The first-order valence-corrected chi connectivity index (χ1v) is 6.52. The number of aromatic nitrogens is 2. The van der Waals surface area contributed by atoms with Crippen molar-refractivity contribution < 1.29 is 9.47 Å². The second-order valence-electron chi connectivity index (χ2n) is 4.52. The zero-order chi connectivity index (χ0) is 13.7. The predicted octanol–water partition coefficient (Wildman–Crippen LogP) is 1.98. The zero-order valence-corrected chi connectivity index (χ0v) is 11.6. The van der Waals surface area contributed by atoms with Gasteiger partial charge in [0.2, 0.25) is 5.95 Å². The average molecular weight is 263 g/mol. The van der Waals surface area contributed by atoms with Gasteiger partial charge >= 0.3 is 0 Å². The lowest BCUT2D eigenvalue weighted by Crippen LogP contribution is -2.08. The quantitative estimate of drug-likeness (QED) is 0.776. The summed E-state index contributed by atoms with van der Waals surface area (Å²) in [5.74, 6) is 0.571. The molecule has 5 heteroatoms. The molecule has 0 bridgehead atoms. The number of ether oxygens (including phenoxy) is 2. The van der Waals surface area contributed by atoms with Crippen molar-refractivity contribution in [3.63, 3.8) is 0 Å². The minimum absolute atomic E-state index is 0.571. The lowest BCUT2D eigenvalue weighted by atomic mass is 10.2. The highest BCUT2D eigenvalue weighted by molar-refractivity contribution is 5.81. The lowest BCUT2D eigenvalue weighted by Gasteiger charge is -2.07. The van der Waals surface area contributed by atoms with Crippen molar-refractivity contribution in [2.75, 3.05) is 32.7 Å². The Bertz CT molecular complexity index is 537. The Hall–Kier alpha value is -1.59. The van der Waals surface area contributed by atoms with E-state index >= 15 is 0 Å². The number of hydrogen-bond acceptors (Lipinski definition) is 4. The fourth-order valence-electron chi connectivity index (χ4n) is 2.11. The minimum atomic E-state index is 0.571. The Balaban J connectivity index is 1.97. The van der Waals surface area contributed by atoms with E-state index in [0.717, 1.165) is 29.6 Å². The molecule has 19 heavy (non-hydrogen) atoms. The summed E-state index contributed by atoms with van der Waals surface area (Å²) in [6.45, 7) is 4.84. The number of rotatable bonds is 7. The number of nitrogen functional groups attached to an aromatic ring is 1. The van der Waals surface area contributed by atoms with E-state index in [1.165, 1.54) is 0 Å². The van der Waals surface area contributed by atoms with Crippen LogP contribution in [0.4, 0.5) is 5.95 Å². The number of benzene rings is 1. The maximum atomic E-state index is 5.98. The van der Waals surface area contributed by atoms with Crippen LogP contribution in [0.1, 0.15) is 12.0 Å². The fourth-order valence-corrected chi connectivity index (χ4v) is 2.11. The SMILES string of the molecule is COCCOCCCn1c(N)nc2c(C)cccc21. The first-order valence-electron chi connectivity index (χ1n) is 6.52. The summed E-state index contributed by atoms with van der Waals surface area (Å²) in [6, 6.07) is 6.13. The van der Waals surface area contributed by atoms with E-state index in [1.807, 2.05) is 23.6 Å². The standard InChI is InChI=1S/C14H21N3O2/c1-11-5-3-6-12-13(11)16-14(15)17(12)7-4-8-19-10-9-18-2/h3,5-6H,4,7-10H2,1-2H3,(H2,15,16). The van der Waals surface area contributed by atoms with Crippen molar-refractivity contribution in [1.82, 2.24) is 9.55 Å². The maximum Gasteiger partial charge on any atom is 0.201 e. The Labute approximate surface area is 113 Å². The maximum absolute atomic E-state index is 5.98. The van der Waals surface area contributed by atoms with Gasteiger partial charge in [-0.1, -0.05) is 12.1 Å². The highest BCUT2D eigenvalue weighted by Gasteiger charge is 2.08. The van der Waals surface area contributed by atoms with Gasteiger partial charge in [0.25, 0.3) is 0 Å². The van der Waals surface area contributed by atoms with Gasteiger partial charge in [0.15, 0.2) is 0 Å². The number of aryl methyl sites for hydroxylation is 2. The van der Waals surface area contributed by atoms with Crippen LogP contribution in [0.2, 0.25) is 0 Å². The molecule has 2 rings (SSSR count). The normalized spacial score (nSPS) is 11.3. The van der Waals surface area contributed by atoms with E-state index < -0.39 is 0 Å². The van der Waals surface area contributed by atoms with Crippen LogP contribution in [-0.4, -0.2) is 36.5 Å². The number of methoxy groups -OCH3 is 1. The Morgan fingerprint density at radius 1 is 1.26 bits per heavy atom. The number of fused-ring (bicyclic) bond motifs is 1. The van der Waals surface area contributed by atoms with Crippen LogP contribution in [-0.2, 0) is 16.0 Å². The number of nitrogens with two attached hydrogens (primary N) is 1. The molecule has 1 aromatic heterocycles. The Morgan fingerprint density at radius 3 is 2.89 bits per heavy atom. The lowest BCUT2D eigenvalue weighted by molar-refractivity contribution is 0.0682. The molecule has 0 spiro atoms. The molecular weight excluding hydrogens is 242 g/mol. The molecule has 0 aliphatic heterocycles. The monoisotopic (exact) mass is 263 g/mol. The molecule has 5 nitrogen and oxygen atoms in total. The second kappa shape index (κ2) is 6.54. The van der Waals surface area contributed by atoms with E-state index in [4.69, 9.17) is 15.2 Å². The molecule has 0 aliphatic carbocycles. The van der Waals surface area contributed by atoms with Crippen LogP contribution >= 0.6 is 0 Å². The molecule has 0 atom stereocenters. The van der Waals surface area contributed by atoms with Crippen LogP contribution in [0.3, 0.4) is 0 Å². The van der Waals surface area contributed by atoms with Crippen LogP contribution in [0.5, 0.6) is 0 Å². The van der Waals surface area contributed by atoms with Crippen LogP contribution in [0.15, 0.2) is 18.2 Å². The third-order valence-electron chi connectivity index (χ3n) is 3.11. The van der Waals surface area contributed by atoms with Crippen molar-refractivity contribution in [3.05, 3.63) is 23.8 Å². The summed E-state index contributed by atoms with van der Waals surface area (Å²) >= 11 is 0. The summed E-state index contributed by atoms with van der Waals surface area (Å²) in [7, 11) is 1.67. The van der Waals surface area contributed by atoms with E-state index in [0.29, 0.717) is 25.8 Å². The fraction of sp³-hybridized carbons (Fsp3) is 0.500. The molecular formula is C14H21N3O2. The molecule has 0 saturated carbocycles. The molecule has 1 aromatic carbocycles. The smallest absolute Gasteiger partial charge is 0.201 e. The molecule has 0 aliphatic rings. The summed E-state index contributed by atoms with van der Waals surface area (Å²) in [5, 5.41) is 0. The van der Waals surface area contributed by atoms with Crippen molar-refractivity contribution in [1.29, 1.82) is 0 Å². The molecule has 0 amide bonds. The summed E-state index contributed by atoms with van der Waals surface area (Å²) in [4.78, 5) is 4.42. The second-order valence-corrected chi connectivity index (χ2v) is 4.52. The third kappa shape index (κ3) is 3.24. The van der Waals surface area contributed by atoms with Gasteiger partial charge < -0.3 is 19.8 Å². The molecule has 0 fully saturated rings. The molecule has 104 valence electrons. The Kier molecular flexibility index (Phi) is 4.76. The van der Waals surface area contributed by atoms with Gasteiger partial charge in [-0.05, 0) is 25.0 Å². The molecule has 2 aromatic rings. The highest BCUT2D eigenvalue weighted by atomic mass is 16.5. The summed E-state index contributed by atoms with van der Waals surface area (Å²) < 4.78 is 12.4. The van der Waals surface area contributed by atoms with Gasteiger partial charge in [0.05, 0.1) is 24.2 Å². The van der Waals surface area contributed by atoms with E-state index in [2.05, 4.69) is 11.1 Å². The summed E-state index contributed by atoms with van der Waals surface area (Å²) in [6.07, 6.45) is 0.910. The molecule has 0 unspecified atom stereocenters. The predicted molar refractivity (Wildman–Crippen MR) is 76.2 cm³/mol. The van der Waals surface area contributed by atoms with Gasteiger partial charge in [-0.3, -0.25) is 0 Å². The summed E-state index contributed by atoms with van der Waals surface area (Å²) in [5.41, 5.74) is 9.21. The minimum Gasteiger partial charge on any atom is -0.382 e. The van der Waals surface area contributed by atoms with Crippen molar-refractivity contribution in [3.8, 4) is 0 Å². The Morgan fingerprint density at radius 2 is 2.11 bits per heavy atom. The van der Waals surface area contributed by atoms with E-state index in [-0.39, 0.29) is 0 Å². The number of anilines is 1. The third-order valence-corrected chi connectivity index (χ3v) is 3.11. The number of nitrogens with zero attached hydrogens (tertiary/aromatic N) is 2. The van der Waals surface area contributed by atoms with Crippen molar-refractivity contribution in [2.24, 2.45) is 0 Å². The van der Waals surface area contributed by atoms with E-state index in [1.54, 1.807) is 7.11 Å². The molecule has 2 N–H and O–H groups in total. The average Bonchev–Trinajstić information content (AvgIpc) is 2.72. The van der Waals surface area contributed by atoms with Gasteiger partial charge in [-0.25, -0.2) is 4.98 Å². The van der Waals surface area contributed by atoms with Gasteiger partial charge in [0, 0.05) is 20.3 Å². The number of hydrogen-bond donors (Lipinski definition) is 1. The van der Waals surface area contributed by atoms with Crippen molar-refractivity contribution >= 4 is 17.0 Å². The largest absolute Gasteiger partial charge is 0.382 e. The molecule has 1 heterocycles. The van der Waals surface area contributed by atoms with Gasteiger partial charge in [-0.2, -0.15) is 0 Å². The first kappa shape index (κ1) is 13.8. The van der Waals surface area contributed by atoms with Gasteiger partial charge in [0.1, 0.15) is 0 Å². The zero-order valence-electron chi connectivity index (χ0n) is 11.6. The van der Waals surface area contributed by atoms with Crippen LogP contribution in [0, 0.1) is 6.92 Å². The highest BCUT2D eigenvalue weighted by Crippen LogP contribution is 2.21.